The molecule has 0 radical (unpaired) electrons. The summed E-state index contributed by atoms with van der Waals surface area (Å²) in [7, 11) is 0. The molecule has 0 spiro atoms. The molecule has 5 heteroatoms. The number of carbonyl (C=O) groups is 1. The third-order valence-electron chi connectivity index (χ3n) is 2.92. The Morgan fingerprint density at radius 3 is 2.70 bits per heavy atom. The van der Waals surface area contributed by atoms with Crippen LogP contribution in [0.5, 0.6) is 5.75 Å². The highest BCUT2D eigenvalue weighted by Crippen LogP contribution is 2.23. The van der Waals surface area contributed by atoms with Gasteiger partial charge in [0.15, 0.2) is 0 Å². The van der Waals surface area contributed by atoms with Crippen molar-refractivity contribution >= 4 is 21.8 Å². The summed E-state index contributed by atoms with van der Waals surface area (Å²) in [6, 6.07) is 10.3. The van der Waals surface area contributed by atoms with Crippen molar-refractivity contribution in [1.82, 2.24) is 5.32 Å². The van der Waals surface area contributed by atoms with Crippen molar-refractivity contribution in [2.45, 2.75) is 13.0 Å². The molecular formula is C15H13BrFNO2. The maximum atomic E-state index is 13.6. The Bertz CT molecular complexity index is 646. The lowest BCUT2D eigenvalue weighted by molar-refractivity contribution is 0.0936. The summed E-state index contributed by atoms with van der Waals surface area (Å²) in [5, 5.41) is 12.3. The van der Waals surface area contributed by atoms with Crippen LogP contribution in [-0.2, 0) is 0 Å². The minimum atomic E-state index is -0.498. The van der Waals surface area contributed by atoms with E-state index in [0.29, 0.717) is 10.0 Å². The van der Waals surface area contributed by atoms with Gasteiger partial charge in [0.05, 0.1) is 11.6 Å². The van der Waals surface area contributed by atoms with Crippen molar-refractivity contribution in [3.63, 3.8) is 0 Å². The van der Waals surface area contributed by atoms with Crippen molar-refractivity contribution in [2.24, 2.45) is 0 Å². The number of aromatic hydroxyl groups is 1. The number of hydrogen-bond acceptors (Lipinski definition) is 2. The summed E-state index contributed by atoms with van der Waals surface area (Å²) in [6.07, 6.45) is 0. The highest BCUT2D eigenvalue weighted by atomic mass is 79.9. The lowest BCUT2D eigenvalue weighted by Gasteiger charge is -2.15. The van der Waals surface area contributed by atoms with Crippen LogP contribution in [0.25, 0.3) is 0 Å². The Kier molecular flexibility index (Phi) is 4.39. The van der Waals surface area contributed by atoms with Crippen LogP contribution in [0.4, 0.5) is 4.39 Å². The maximum Gasteiger partial charge on any atom is 0.255 e. The minimum absolute atomic E-state index is 0.119. The Labute approximate surface area is 124 Å². The van der Waals surface area contributed by atoms with E-state index in [-0.39, 0.29) is 17.1 Å². The molecule has 2 N–H and O–H groups in total. The van der Waals surface area contributed by atoms with Gasteiger partial charge < -0.3 is 10.4 Å². The second-order valence-corrected chi connectivity index (χ2v) is 5.29. The molecule has 0 aliphatic heterocycles. The average Bonchev–Trinajstić information content (AvgIpc) is 2.41. The number of nitrogens with one attached hydrogen (secondary N) is 1. The predicted molar refractivity (Wildman–Crippen MR) is 78.1 cm³/mol. The van der Waals surface area contributed by atoms with Gasteiger partial charge in [-0.3, -0.25) is 4.79 Å². The molecule has 2 aromatic rings. The second-order valence-electron chi connectivity index (χ2n) is 4.38. The van der Waals surface area contributed by atoms with Crippen LogP contribution in [0.15, 0.2) is 46.9 Å². The van der Waals surface area contributed by atoms with Gasteiger partial charge in [-0.25, -0.2) is 4.39 Å². The van der Waals surface area contributed by atoms with Gasteiger partial charge in [0, 0.05) is 10.0 Å². The van der Waals surface area contributed by atoms with E-state index in [1.807, 2.05) is 0 Å². The lowest BCUT2D eigenvalue weighted by atomic mass is 10.1. The fourth-order valence-electron chi connectivity index (χ4n) is 1.87. The van der Waals surface area contributed by atoms with Gasteiger partial charge >= 0.3 is 0 Å². The molecule has 0 saturated carbocycles. The molecule has 0 heterocycles. The van der Waals surface area contributed by atoms with E-state index in [9.17, 15) is 14.3 Å². The second kappa shape index (κ2) is 6.05. The molecule has 0 aromatic heterocycles. The van der Waals surface area contributed by atoms with E-state index in [0.717, 1.165) is 0 Å². The molecule has 104 valence electrons. The Hall–Kier alpha value is -1.88. The summed E-state index contributed by atoms with van der Waals surface area (Å²) in [4.78, 5) is 12.1. The number of amides is 1. The molecular weight excluding hydrogens is 325 g/mol. The van der Waals surface area contributed by atoms with Crippen molar-refractivity contribution in [3.8, 4) is 5.75 Å². The van der Waals surface area contributed by atoms with Crippen LogP contribution in [0.3, 0.4) is 0 Å². The van der Waals surface area contributed by atoms with Gasteiger partial charge in [-0.1, -0.05) is 34.1 Å². The summed E-state index contributed by atoms with van der Waals surface area (Å²) < 4.78 is 14.3. The fraction of sp³-hybridized carbons (Fsp3) is 0.133. The molecule has 0 aliphatic carbocycles. The van der Waals surface area contributed by atoms with Crippen LogP contribution >= 0.6 is 15.9 Å². The zero-order valence-electron chi connectivity index (χ0n) is 10.7. The average molecular weight is 338 g/mol. The lowest BCUT2D eigenvalue weighted by Crippen LogP contribution is -2.27. The van der Waals surface area contributed by atoms with Crippen molar-refractivity contribution < 1.29 is 14.3 Å². The van der Waals surface area contributed by atoms with Gasteiger partial charge in [-0.15, -0.1) is 0 Å². The number of carbonyl (C=O) groups excluding carboxylic acids is 1. The number of halogens is 2. The number of hydrogen-bond donors (Lipinski definition) is 2. The third-order valence-corrected chi connectivity index (χ3v) is 3.42. The van der Waals surface area contributed by atoms with E-state index in [2.05, 4.69) is 21.2 Å². The summed E-state index contributed by atoms with van der Waals surface area (Å²) in [6.45, 7) is 1.69. The standard InChI is InChI=1S/C15H13BrFNO2/c1-9(11-4-2-3-5-13(11)17)18-15(20)12-8-10(16)6-7-14(12)19/h2-9,19H,1H3,(H,18,20). The molecule has 1 amide bonds. The van der Waals surface area contributed by atoms with Crippen LogP contribution < -0.4 is 5.32 Å². The fourth-order valence-corrected chi connectivity index (χ4v) is 2.23. The number of rotatable bonds is 3. The molecule has 0 bridgehead atoms. The SMILES string of the molecule is CC(NC(=O)c1cc(Br)ccc1O)c1ccccc1F. The monoisotopic (exact) mass is 337 g/mol. The van der Waals surface area contributed by atoms with Crippen LogP contribution in [0, 0.1) is 5.82 Å². The van der Waals surface area contributed by atoms with Gasteiger partial charge in [0.1, 0.15) is 11.6 Å². The van der Waals surface area contributed by atoms with E-state index < -0.39 is 11.9 Å². The molecule has 3 nitrogen and oxygen atoms in total. The van der Waals surface area contributed by atoms with E-state index >= 15 is 0 Å². The Balaban J connectivity index is 2.20. The number of phenols is 1. The van der Waals surface area contributed by atoms with Crippen molar-refractivity contribution in [2.75, 3.05) is 0 Å². The van der Waals surface area contributed by atoms with Crippen LogP contribution in [0.2, 0.25) is 0 Å². The molecule has 20 heavy (non-hydrogen) atoms. The first-order chi connectivity index (χ1) is 9.49. The van der Waals surface area contributed by atoms with Crippen LogP contribution in [-0.4, -0.2) is 11.0 Å². The van der Waals surface area contributed by atoms with Gasteiger partial charge in [-0.05, 0) is 31.2 Å². The summed E-state index contributed by atoms with van der Waals surface area (Å²) >= 11 is 3.24. The molecule has 0 aliphatic rings. The number of benzene rings is 2. The normalized spacial score (nSPS) is 11.9. The van der Waals surface area contributed by atoms with E-state index in [1.54, 1.807) is 31.2 Å². The molecule has 0 saturated heterocycles. The zero-order valence-corrected chi connectivity index (χ0v) is 12.3. The molecule has 1 unspecified atom stereocenters. The Morgan fingerprint density at radius 2 is 2.00 bits per heavy atom. The van der Waals surface area contributed by atoms with E-state index in [4.69, 9.17) is 0 Å². The molecule has 0 fully saturated rings. The molecule has 1 atom stereocenters. The highest BCUT2D eigenvalue weighted by molar-refractivity contribution is 9.10. The number of phenolic OH excluding ortho intramolecular Hbond substituents is 1. The van der Waals surface area contributed by atoms with Crippen molar-refractivity contribution in [3.05, 3.63) is 63.9 Å². The molecule has 2 rings (SSSR count). The first kappa shape index (κ1) is 14.5. The van der Waals surface area contributed by atoms with Gasteiger partial charge in [-0.2, -0.15) is 0 Å². The first-order valence-electron chi connectivity index (χ1n) is 6.03. The first-order valence-corrected chi connectivity index (χ1v) is 6.82. The predicted octanol–water partition coefficient (Wildman–Crippen LogP) is 3.78. The largest absolute Gasteiger partial charge is 0.507 e. The molecule has 2 aromatic carbocycles. The van der Waals surface area contributed by atoms with Crippen LogP contribution in [0.1, 0.15) is 28.9 Å². The topological polar surface area (TPSA) is 49.3 Å². The third kappa shape index (κ3) is 3.17. The van der Waals surface area contributed by atoms with Gasteiger partial charge in [0.2, 0.25) is 0 Å². The summed E-state index contributed by atoms with van der Waals surface area (Å²) in [5.41, 5.74) is 0.540. The minimum Gasteiger partial charge on any atom is -0.507 e. The van der Waals surface area contributed by atoms with E-state index in [1.165, 1.54) is 18.2 Å². The Morgan fingerprint density at radius 1 is 1.30 bits per heavy atom. The highest BCUT2D eigenvalue weighted by Gasteiger charge is 2.17. The maximum absolute atomic E-state index is 13.6. The van der Waals surface area contributed by atoms with Gasteiger partial charge in [0.25, 0.3) is 5.91 Å². The zero-order chi connectivity index (χ0) is 14.7. The smallest absolute Gasteiger partial charge is 0.255 e. The van der Waals surface area contributed by atoms with Crippen molar-refractivity contribution in [1.29, 1.82) is 0 Å². The quantitative estimate of drug-likeness (QED) is 0.895. The summed E-state index contributed by atoms with van der Waals surface area (Å²) in [5.74, 6) is -0.954.